The van der Waals surface area contributed by atoms with E-state index in [1.54, 1.807) is 27.6 Å². The summed E-state index contributed by atoms with van der Waals surface area (Å²) < 4.78 is 4.77. The molecule has 0 amide bonds. The first-order chi connectivity index (χ1) is 15.2. The number of rotatable bonds is 4. The highest BCUT2D eigenvalue weighted by molar-refractivity contribution is 5.72. The van der Waals surface area contributed by atoms with Crippen molar-refractivity contribution >= 4 is 11.2 Å². The van der Waals surface area contributed by atoms with Gasteiger partial charge in [0.2, 0.25) is 0 Å². The van der Waals surface area contributed by atoms with Gasteiger partial charge in [-0.15, -0.1) is 0 Å². The number of nitrogens with zero attached hydrogens (tertiary/aromatic N) is 5. The molecule has 2 aromatic carbocycles. The predicted molar refractivity (Wildman–Crippen MR) is 117 cm³/mol. The molecule has 0 unspecified atom stereocenters. The van der Waals surface area contributed by atoms with Gasteiger partial charge in [0, 0.05) is 12.6 Å². The summed E-state index contributed by atoms with van der Waals surface area (Å²) in [6.07, 6.45) is 5.31. The van der Waals surface area contributed by atoms with Crippen molar-refractivity contribution in [2.75, 3.05) is 0 Å². The van der Waals surface area contributed by atoms with Crippen molar-refractivity contribution in [2.24, 2.45) is 0 Å². The van der Waals surface area contributed by atoms with Crippen molar-refractivity contribution in [3.63, 3.8) is 0 Å². The Balaban J connectivity index is 1.74. The van der Waals surface area contributed by atoms with Crippen LogP contribution in [0, 0.1) is 11.3 Å². The average Bonchev–Trinajstić information content (AvgIpc) is 3.46. The molecule has 5 rings (SSSR count). The van der Waals surface area contributed by atoms with E-state index < -0.39 is 0 Å². The highest BCUT2D eigenvalue weighted by Gasteiger charge is 2.26. The van der Waals surface area contributed by atoms with Gasteiger partial charge in [-0.2, -0.15) is 5.26 Å². The maximum Gasteiger partial charge on any atom is 0.337 e. The molecule has 2 heterocycles. The zero-order valence-electron chi connectivity index (χ0n) is 16.9. The molecule has 1 aliphatic carbocycles. The minimum Gasteiger partial charge on any atom is -0.320 e. The smallest absolute Gasteiger partial charge is 0.320 e. The fraction of sp³-hybridized carbons (Fsp3) is 0.250. The number of imidazole rings is 1. The average molecular weight is 411 g/mol. The van der Waals surface area contributed by atoms with Gasteiger partial charge in [0.25, 0.3) is 5.56 Å². The molecule has 4 aromatic rings. The summed E-state index contributed by atoms with van der Waals surface area (Å²) in [7, 11) is 0. The summed E-state index contributed by atoms with van der Waals surface area (Å²) in [5.41, 5.74) is 2.38. The summed E-state index contributed by atoms with van der Waals surface area (Å²) >= 11 is 0. The Morgan fingerprint density at radius 1 is 1.00 bits per heavy atom. The lowest BCUT2D eigenvalue weighted by atomic mass is 10.1. The first kappa shape index (κ1) is 19.1. The molecule has 7 nitrogen and oxygen atoms in total. The minimum atomic E-state index is -0.334. The largest absolute Gasteiger partial charge is 0.337 e. The van der Waals surface area contributed by atoms with Gasteiger partial charge in [0.05, 0.1) is 23.6 Å². The van der Waals surface area contributed by atoms with Crippen molar-refractivity contribution in [3.8, 4) is 11.8 Å². The van der Waals surface area contributed by atoms with E-state index in [2.05, 4.69) is 11.1 Å². The number of fused-ring (bicyclic) bond motifs is 1. The van der Waals surface area contributed by atoms with E-state index in [1.165, 1.54) is 4.57 Å². The summed E-state index contributed by atoms with van der Waals surface area (Å²) in [6.45, 7) is 0.426. The summed E-state index contributed by atoms with van der Waals surface area (Å²) in [5.74, 6) is 0. The van der Waals surface area contributed by atoms with Gasteiger partial charge in [-0.25, -0.2) is 14.3 Å². The number of hydrogen-bond donors (Lipinski definition) is 0. The predicted octanol–water partition coefficient (Wildman–Crippen LogP) is 3.38. The summed E-state index contributed by atoms with van der Waals surface area (Å²) in [5, 5.41) is 9.02. The van der Waals surface area contributed by atoms with Crippen molar-refractivity contribution in [2.45, 2.75) is 38.3 Å². The number of nitriles is 1. The third-order valence-electron chi connectivity index (χ3n) is 5.99. The third-order valence-corrected chi connectivity index (χ3v) is 5.99. The molecule has 0 N–H and O–H groups in total. The topological polar surface area (TPSA) is 85.6 Å². The van der Waals surface area contributed by atoms with E-state index in [4.69, 9.17) is 5.26 Å². The number of para-hydroxylation sites is 1. The van der Waals surface area contributed by atoms with Crippen LogP contribution in [-0.4, -0.2) is 18.7 Å². The molecule has 0 bridgehead atoms. The Labute approximate surface area is 178 Å². The Morgan fingerprint density at radius 3 is 2.39 bits per heavy atom. The second kappa shape index (κ2) is 7.73. The molecule has 0 saturated heterocycles. The van der Waals surface area contributed by atoms with Gasteiger partial charge in [-0.05, 0) is 42.7 Å². The maximum absolute atomic E-state index is 13.5. The number of aromatic nitrogens is 4. The number of hydrogen-bond acceptors (Lipinski definition) is 4. The van der Waals surface area contributed by atoms with E-state index >= 15 is 0 Å². The van der Waals surface area contributed by atoms with Crippen LogP contribution >= 0.6 is 0 Å². The standard InChI is InChI=1S/C24H21N5O2/c25-14-17-10-12-18(13-11-17)15-27-16-26-22-21(27)23(30)29(20-8-4-5-9-20)24(31)28(22)19-6-2-1-3-7-19/h1-3,6-7,10-13,16,20H,4-5,8-9,15H2. The quantitative estimate of drug-likeness (QED) is 0.515. The molecule has 31 heavy (non-hydrogen) atoms. The van der Waals surface area contributed by atoms with Crippen LogP contribution in [0.3, 0.4) is 0 Å². The summed E-state index contributed by atoms with van der Waals surface area (Å²) in [6, 6.07) is 18.6. The summed E-state index contributed by atoms with van der Waals surface area (Å²) in [4.78, 5) is 31.5. The molecule has 0 aliphatic heterocycles. The van der Waals surface area contributed by atoms with E-state index in [9.17, 15) is 9.59 Å². The fourth-order valence-corrected chi connectivity index (χ4v) is 4.45. The lowest BCUT2D eigenvalue weighted by molar-refractivity contribution is 0.474. The van der Waals surface area contributed by atoms with Crippen molar-refractivity contribution in [1.29, 1.82) is 5.26 Å². The third kappa shape index (κ3) is 3.26. The fourth-order valence-electron chi connectivity index (χ4n) is 4.45. The molecular formula is C24H21N5O2. The highest BCUT2D eigenvalue weighted by atomic mass is 16.2. The lowest BCUT2D eigenvalue weighted by Gasteiger charge is -2.17. The van der Waals surface area contributed by atoms with E-state index in [0.717, 1.165) is 31.2 Å². The molecule has 0 atom stereocenters. The Hall–Kier alpha value is -3.92. The maximum atomic E-state index is 13.5. The van der Waals surface area contributed by atoms with Gasteiger partial charge in [0.1, 0.15) is 0 Å². The SMILES string of the molecule is N#Cc1ccc(Cn2cnc3c2c(=O)n(C2CCCC2)c(=O)n3-c2ccccc2)cc1. The van der Waals surface area contributed by atoms with Gasteiger partial charge >= 0.3 is 5.69 Å². The van der Waals surface area contributed by atoms with Crippen LogP contribution in [0.25, 0.3) is 16.9 Å². The highest BCUT2D eigenvalue weighted by Crippen LogP contribution is 2.28. The van der Waals surface area contributed by atoms with Gasteiger partial charge in [-0.1, -0.05) is 43.2 Å². The second-order valence-electron chi connectivity index (χ2n) is 7.92. The molecule has 0 spiro atoms. The van der Waals surface area contributed by atoms with Gasteiger partial charge < -0.3 is 4.57 Å². The van der Waals surface area contributed by atoms with E-state index in [1.807, 2.05) is 42.5 Å². The molecule has 7 heteroatoms. The van der Waals surface area contributed by atoms with Crippen LogP contribution in [0.2, 0.25) is 0 Å². The normalized spacial score (nSPS) is 14.2. The molecule has 1 fully saturated rings. The first-order valence-corrected chi connectivity index (χ1v) is 10.4. The lowest BCUT2D eigenvalue weighted by Crippen LogP contribution is -2.41. The van der Waals surface area contributed by atoms with Crippen molar-refractivity contribution < 1.29 is 0 Å². The zero-order chi connectivity index (χ0) is 21.4. The first-order valence-electron chi connectivity index (χ1n) is 10.4. The molecule has 2 aromatic heterocycles. The van der Waals surface area contributed by atoms with Crippen molar-refractivity contribution in [3.05, 3.63) is 92.9 Å². The van der Waals surface area contributed by atoms with Crippen LogP contribution in [0.4, 0.5) is 0 Å². The molecule has 0 radical (unpaired) electrons. The second-order valence-corrected chi connectivity index (χ2v) is 7.92. The Bertz CT molecular complexity index is 1400. The molecule has 1 aliphatic rings. The van der Waals surface area contributed by atoms with Gasteiger partial charge in [-0.3, -0.25) is 9.36 Å². The molecule has 1 saturated carbocycles. The van der Waals surface area contributed by atoms with Crippen molar-refractivity contribution in [1.82, 2.24) is 18.7 Å². The van der Waals surface area contributed by atoms with Crippen LogP contribution < -0.4 is 11.2 Å². The molecular weight excluding hydrogens is 390 g/mol. The van der Waals surface area contributed by atoms with Crippen LogP contribution in [0.15, 0.2) is 70.5 Å². The Morgan fingerprint density at radius 2 is 1.71 bits per heavy atom. The van der Waals surface area contributed by atoms with Crippen LogP contribution in [0.1, 0.15) is 42.9 Å². The minimum absolute atomic E-state index is 0.0855. The van der Waals surface area contributed by atoms with E-state index in [-0.39, 0.29) is 17.3 Å². The monoisotopic (exact) mass is 411 g/mol. The van der Waals surface area contributed by atoms with E-state index in [0.29, 0.717) is 29.0 Å². The van der Waals surface area contributed by atoms with Crippen LogP contribution in [-0.2, 0) is 6.54 Å². The number of benzene rings is 2. The zero-order valence-corrected chi connectivity index (χ0v) is 16.9. The molecule has 154 valence electrons. The Kier molecular flexibility index (Phi) is 4.75. The van der Waals surface area contributed by atoms with Gasteiger partial charge in [0.15, 0.2) is 11.2 Å². The van der Waals surface area contributed by atoms with Crippen LogP contribution in [0.5, 0.6) is 0 Å².